The van der Waals surface area contributed by atoms with Crippen molar-refractivity contribution >= 4 is 11.6 Å². The Morgan fingerprint density at radius 1 is 0.533 bits per heavy atom. The Morgan fingerprint density at radius 2 is 0.800 bits per heavy atom. The van der Waals surface area contributed by atoms with Crippen molar-refractivity contribution < 1.29 is 18.6 Å². The summed E-state index contributed by atoms with van der Waals surface area (Å²) < 4.78 is 2.41. The van der Waals surface area contributed by atoms with Gasteiger partial charge in [0.25, 0.3) is 0 Å². The van der Waals surface area contributed by atoms with Crippen LogP contribution in [-0.2, 0) is 9.59 Å². The van der Waals surface area contributed by atoms with E-state index in [1.54, 1.807) is 0 Å². The molecule has 0 aromatic rings. The Kier molecular flexibility index (Phi) is 7.04. The summed E-state index contributed by atoms with van der Waals surface area (Å²) in [7, 11) is 4.87. The molecule has 30 heavy (non-hydrogen) atoms. The predicted molar refractivity (Wildman–Crippen MR) is 121 cm³/mol. The van der Waals surface area contributed by atoms with E-state index in [-0.39, 0.29) is 0 Å². The van der Waals surface area contributed by atoms with Crippen LogP contribution in [0.2, 0.25) is 0 Å². The highest BCUT2D eigenvalue weighted by atomic mass is 16.1. The molecule has 170 valence electrons. The third-order valence-electron chi connectivity index (χ3n) is 9.89. The van der Waals surface area contributed by atoms with Crippen LogP contribution in [0.25, 0.3) is 0 Å². The minimum absolute atomic E-state index is 0.524. The molecule has 0 aliphatic carbocycles. The number of fused-ring (bicyclic) bond motifs is 4. The van der Waals surface area contributed by atoms with Crippen LogP contribution in [0.5, 0.6) is 0 Å². The molecule has 4 bridgehead atoms. The van der Waals surface area contributed by atoms with E-state index in [4.69, 9.17) is 0 Å². The van der Waals surface area contributed by atoms with Crippen molar-refractivity contribution in [2.24, 2.45) is 0 Å². The summed E-state index contributed by atoms with van der Waals surface area (Å²) in [5.74, 6) is 1.05. The highest BCUT2D eigenvalue weighted by Gasteiger charge is 2.51. The second-order valence-corrected chi connectivity index (χ2v) is 11.6. The van der Waals surface area contributed by atoms with Gasteiger partial charge in [0.05, 0.1) is 77.0 Å². The van der Waals surface area contributed by atoms with E-state index in [1.165, 1.54) is 99.1 Å². The van der Waals surface area contributed by atoms with E-state index >= 15 is 0 Å². The Balaban J connectivity index is 1.03. The topological polar surface area (TPSA) is 34.1 Å². The van der Waals surface area contributed by atoms with Crippen LogP contribution in [0.1, 0.15) is 103 Å². The number of unbranched alkanes of at least 4 members (excludes halogenated alkanes) is 7. The molecule has 0 aromatic heterocycles. The molecule has 6 atom stereocenters. The summed E-state index contributed by atoms with van der Waals surface area (Å²) in [5.41, 5.74) is 0. The van der Waals surface area contributed by atoms with Crippen LogP contribution in [0.15, 0.2) is 0 Å². The molecule has 0 radical (unpaired) electrons. The summed E-state index contributed by atoms with van der Waals surface area (Å²) in [6, 6.07) is 2.53. The molecule has 4 heteroatoms. The number of piperidine rings is 2. The van der Waals surface area contributed by atoms with Crippen LogP contribution in [0, 0.1) is 0 Å². The van der Waals surface area contributed by atoms with E-state index in [0.717, 1.165) is 25.7 Å². The zero-order valence-corrected chi connectivity index (χ0v) is 19.7. The van der Waals surface area contributed by atoms with Crippen molar-refractivity contribution in [2.75, 3.05) is 27.2 Å². The summed E-state index contributed by atoms with van der Waals surface area (Å²) in [6.07, 6.45) is 19.5. The number of carbonyl (C=O) groups is 2. The average molecular weight is 419 g/mol. The third-order valence-corrected chi connectivity index (χ3v) is 9.89. The van der Waals surface area contributed by atoms with Gasteiger partial charge >= 0.3 is 0 Å². The number of nitrogens with zero attached hydrogens (tertiary/aromatic N) is 2. The molecule has 0 N–H and O–H groups in total. The number of hydrogen-bond acceptors (Lipinski definition) is 2. The summed E-state index contributed by atoms with van der Waals surface area (Å²) in [6.45, 7) is 2.59. The van der Waals surface area contributed by atoms with Crippen LogP contribution >= 0.6 is 0 Å². The maximum Gasteiger partial charge on any atom is 0.144 e. The Hall–Kier alpha value is -0.740. The zero-order chi connectivity index (χ0) is 21.2. The third kappa shape index (κ3) is 4.55. The van der Waals surface area contributed by atoms with Crippen LogP contribution in [-0.4, -0.2) is 71.9 Å². The lowest BCUT2D eigenvalue weighted by Gasteiger charge is -2.44. The summed E-state index contributed by atoms with van der Waals surface area (Å²) in [5, 5.41) is 0. The van der Waals surface area contributed by atoms with Gasteiger partial charge in [-0.1, -0.05) is 25.7 Å². The largest absolute Gasteiger partial charge is 0.320 e. The Morgan fingerprint density at radius 3 is 1.10 bits per heavy atom. The first-order chi connectivity index (χ1) is 14.4. The van der Waals surface area contributed by atoms with Crippen molar-refractivity contribution in [1.82, 2.24) is 0 Å². The highest BCUT2D eigenvalue weighted by Crippen LogP contribution is 2.41. The first-order valence-corrected chi connectivity index (χ1v) is 13.1. The molecule has 0 spiro atoms. The fourth-order valence-electron chi connectivity index (χ4n) is 7.70. The molecule has 0 amide bonds. The Labute approximate surface area is 184 Å². The number of ketones is 2. The van der Waals surface area contributed by atoms with E-state index in [0.29, 0.717) is 35.7 Å². The number of quaternary nitrogens is 2. The van der Waals surface area contributed by atoms with Gasteiger partial charge in [-0.2, -0.15) is 0 Å². The molecule has 4 nitrogen and oxygen atoms in total. The van der Waals surface area contributed by atoms with Crippen molar-refractivity contribution in [3.63, 3.8) is 0 Å². The smallest absolute Gasteiger partial charge is 0.144 e. The lowest BCUT2D eigenvalue weighted by Crippen LogP contribution is -2.58. The van der Waals surface area contributed by atoms with Crippen LogP contribution in [0.3, 0.4) is 0 Å². The molecule has 4 saturated heterocycles. The van der Waals surface area contributed by atoms with E-state index < -0.39 is 0 Å². The van der Waals surface area contributed by atoms with Gasteiger partial charge in [-0.25, -0.2) is 0 Å². The number of hydrogen-bond donors (Lipinski definition) is 0. The monoisotopic (exact) mass is 418 g/mol. The highest BCUT2D eigenvalue weighted by molar-refractivity contribution is 5.80. The first-order valence-electron chi connectivity index (χ1n) is 13.1. The number of rotatable bonds is 11. The van der Waals surface area contributed by atoms with Gasteiger partial charge in [0.2, 0.25) is 0 Å². The van der Waals surface area contributed by atoms with Gasteiger partial charge in [-0.3, -0.25) is 9.59 Å². The molecule has 4 fully saturated rings. The second kappa shape index (κ2) is 9.40. The van der Waals surface area contributed by atoms with E-state index in [1.807, 2.05) is 0 Å². The molecular formula is C26H46N2O2+2. The standard InChI is InChI=1S/C26H46N2O2/c1-27(21-11-12-22(27)18-25(29)17-21)15-9-7-5-3-4-6-8-10-16-28(2)23-13-14-24(28)20-26(30)19-23/h21-24H,3-20H2,1-2H3/q+2/t21-,22+,23-,24+,27?,28?. The molecule has 2 unspecified atom stereocenters. The fourth-order valence-corrected chi connectivity index (χ4v) is 7.70. The van der Waals surface area contributed by atoms with Crippen molar-refractivity contribution in [3.8, 4) is 0 Å². The molecule has 4 rings (SSSR count). The lowest BCUT2D eigenvalue weighted by molar-refractivity contribution is -0.945. The maximum atomic E-state index is 11.9. The molecule has 0 saturated carbocycles. The average Bonchev–Trinajstić information content (AvgIpc) is 2.98. The van der Waals surface area contributed by atoms with Crippen molar-refractivity contribution in [2.45, 2.75) is 127 Å². The fraction of sp³-hybridized carbons (Fsp3) is 0.923. The Bertz CT molecular complexity index is 545. The molecule has 4 heterocycles. The van der Waals surface area contributed by atoms with Crippen molar-refractivity contribution in [3.05, 3.63) is 0 Å². The quantitative estimate of drug-likeness (QED) is 0.357. The van der Waals surface area contributed by atoms with Crippen LogP contribution in [0.4, 0.5) is 0 Å². The second-order valence-electron chi connectivity index (χ2n) is 11.6. The summed E-state index contributed by atoms with van der Waals surface area (Å²) in [4.78, 5) is 23.7. The lowest BCUT2D eigenvalue weighted by atomic mass is 9.97. The number of carbonyl (C=O) groups excluding carboxylic acids is 2. The van der Waals surface area contributed by atoms with Gasteiger partial charge in [0.1, 0.15) is 11.6 Å². The van der Waals surface area contributed by atoms with Crippen molar-refractivity contribution in [1.29, 1.82) is 0 Å². The maximum absolute atomic E-state index is 11.9. The zero-order valence-electron chi connectivity index (χ0n) is 19.7. The molecule has 4 aliphatic heterocycles. The summed E-state index contributed by atoms with van der Waals surface area (Å²) >= 11 is 0. The van der Waals surface area contributed by atoms with Gasteiger partial charge in [-0.15, -0.1) is 0 Å². The van der Waals surface area contributed by atoms with E-state index in [9.17, 15) is 9.59 Å². The molecule has 0 aromatic carbocycles. The van der Waals surface area contributed by atoms with Crippen LogP contribution < -0.4 is 0 Å². The van der Waals surface area contributed by atoms with Gasteiger partial charge in [-0.05, 0) is 25.7 Å². The molecule has 4 aliphatic rings. The normalized spacial score (nSPS) is 40.3. The first kappa shape index (κ1) is 22.5. The number of Topliss-reactive ketones (excluding diaryl/α,β-unsaturated/α-hetero) is 2. The SMILES string of the molecule is C[N+]1(CCCCCCCCCC[N+]2(C)[C@@H]3CC[C@H]2CC(=O)C3)[C@@H]2CC[C@H]1CC(=O)C2. The van der Waals surface area contributed by atoms with Gasteiger partial charge in [0, 0.05) is 25.7 Å². The minimum Gasteiger partial charge on any atom is -0.320 e. The minimum atomic E-state index is 0.524. The predicted octanol–water partition coefficient (Wildman–Crippen LogP) is 4.79. The van der Waals surface area contributed by atoms with Gasteiger partial charge < -0.3 is 8.97 Å². The van der Waals surface area contributed by atoms with Gasteiger partial charge in [0.15, 0.2) is 0 Å². The molecular weight excluding hydrogens is 372 g/mol. The van der Waals surface area contributed by atoms with E-state index in [2.05, 4.69) is 14.1 Å².